The van der Waals surface area contributed by atoms with E-state index >= 15 is 0 Å². The number of ether oxygens (including phenoxy) is 1. The van der Waals surface area contributed by atoms with Gasteiger partial charge >= 0.3 is 0 Å². The van der Waals surface area contributed by atoms with Gasteiger partial charge in [-0.2, -0.15) is 11.8 Å². The summed E-state index contributed by atoms with van der Waals surface area (Å²) in [6.07, 6.45) is 2.75. The van der Waals surface area contributed by atoms with Crippen molar-refractivity contribution in [3.8, 4) is 0 Å². The highest BCUT2D eigenvalue weighted by Gasteiger charge is 2.26. The summed E-state index contributed by atoms with van der Waals surface area (Å²) in [5.41, 5.74) is 5.72. The first-order chi connectivity index (χ1) is 8.94. The molecule has 0 aromatic rings. The molecule has 1 aliphatic rings. The van der Waals surface area contributed by atoms with E-state index in [9.17, 15) is 4.79 Å². The molecule has 0 radical (unpaired) electrons. The molecule has 1 atom stereocenters. The standard InChI is InChI=1S/C13H27N3O2S/c1-13(2)10-16(7-8-18-13)6-5-15-12(17)11(14)4-9-19-3/h11H,4-10,14H2,1-3H3,(H,15,17)/t11-/m0/s1. The number of hydrogen-bond acceptors (Lipinski definition) is 5. The van der Waals surface area contributed by atoms with E-state index in [4.69, 9.17) is 10.5 Å². The van der Waals surface area contributed by atoms with Crippen molar-refractivity contribution in [1.82, 2.24) is 10.2 Å². The predicted molar refractivity (Wildman–Crippen MR) is 80.5 cm³/mol. The summed E-state index contributed by atoms with van der Waals surface area (Å²) in [6.45, 7) is 8.29. The third-order valence-corrected chi connectivity index (χ3v) is 3.85. The molecule has 0 aromatic carbocycles. The highest BCUT2D eigenvalue weighted by molar-refractivity contribution is 7.98. The Balaban J connectivity index is 2.17. The maximum absolute atomic E-state index is 11.7. The molecule has 0 aromatic heterocycles. The quantitative estimate of drug-likeness (QED) is 0.705. The normalized spacial score (nSPS) is 21.1. The molecule has 6 heteroatoms. The minimum Gasteiger partial charge on any atom is -0.373 e. The molecular formula is C13H27N3O2S. The van der Waals surface area contributed by atoms with Gasteiger partial charge in [-0.3, -0.25) is 9.69 Å². The largest absolute Gasteiger partial charge is 0.373 e. The van der Waals surface area contributed by atoms with Crippen LogP contribution < -0.4 is 11.1 Å². The first-order valence-corrected chi connectivity index (χ1v) is 8.22. The van der Waals surface area contributed by atoms with Crippen LogP contribution in [0.1, 0.15) is 20.3 Å². The second-order valence-corrected chi connectivity index (χ2v) is 6.55. The van der Waals surface area contributed by atoms with Gasteiger partial charge in [-0.1, -0.05) is 0 Å². The van der Waals surface area contributed by atoms with Crippen LogP contribution in [0.25, 0.3) is 0 Å². The summed E-state index contributed by atoms with van der Waals surface area (Å²) in [4.78, 5) is 14.0. The van der Waals surface area contributed by atoms with E-state index in [2.05, 4.69) is 24.1 Å². The molecule has 1 saturated heterocycles. The van der Waals surface area contributed by atoms with Crippen LogP contribution in [0.2, 0.25) is 0 Å². The van der Waals surface area contributed by atoms with Gasteiger partial charge < -0.3 is 15.8 Å². The Kier molecular flexibility index (Phi) is 7.13. The maximum Gasteiger partial charge on any atom is 0.236 e. The highest BCUT2D eigenvalue weighted by atomic mass is 32.2. The zero-order chi connectivity index (χ0) is 14.3. The summed E-state index contributed by atoms with van der Waals surface area (Å²) in [5, 5.41) is 2.91. The number of amides is 1. The van der Waals surface area contributed by atoms with Crippen molar-refractivity contribution in [2.24, 2.45) is 5.73 Å². The molecule has 0 saturated carbocycles. The third-order valence-electron chi connectivity index (χ3n) is 3.20. The average molecular weight is 289 g/mol. The first kappa shape index (κ1) is 16.8. The van der Waals surface area contributed by atoms with Gasteiger partial charge in [0.05, 0.1) is 18.2 Å². The van der Waals surface area contributed by atoms with Crippen molar-refractivity contribution in [2.45, 2.75) is 31.9 Å². The monoisotopic (exact) mass is 289 g/mol. The lowest BCUT2D eigenvalue weighted by Gasteiger charge is -2.38. The Morgan fingerprint density at radius 1 is 1.58 bits per heavy atom. The number of rotatable bonds is 7. The second-order valence-electron chi connectivity index (χ2n) is 5.56. The highest BCUT2D eigenvalue weighted by Crippen LogP contribution is 2.15. The smallest absolute Gasteiger partial charge is 0.236 e. The molecule has 1 rings (SSSR count). The zero-order valence-corrected chi connectivity index (χ0v) is 13.1. The molecule has 0 aliphatic carbocycles. The van der Waals surface area contributed by atoms with Crippen LogP contribution in [0.15, 0.2) is 0 Å². The first-order valence-electron chi connectivity index (χ1n) is 6.83. The summed E-state index contributed by atoms with van der Waals surface area (Å²) in [6, 6.07) is -0.381. The molecule has 1 aliphatic heterocycles. The lowest BCUT2D eigenvalue weighted by atomic mass is 10.1. The van der Waals surface area contributed by atoms with Gasteiger partial charge in [-0.15, -0.1) is 0 Å². The molecule has 0 unspecified atom stereocenters. The van der Waals surface area contributed by atoms with E-state index in [1.165, 1.54) is 0 Å². The van der Waals surface area contributed by atoms with Crippen molar-refractivity contribution in [3.63, 3.8) is 0 Å². The molecule has 112 valence electrons. The molecule has 5 nitrogen and oxygen atoms in total. The van der Waals surface area contributed by atoms with Crippen molar-refractivity contribution < 1.29 is 9.53 Å². The number of carbonyl (C=O) groups excluding carboxylic acids is 1. The van der Waals surface area contributed by atoms with Crippen LogP contribution in [-0.4, -0.2) is 67.2 Å². The molecule has 0 spiro atoms. The fourth-order valence-corrected chi connectivity index (χ4v) is 2.64. The minimum atomic E-state index is -0.381. The molecule has 1 fully saturated rings. The number of morpholine rings is 1. The summed E-state index contributed by atoms with van der Waals surface area (Å²) in [7, 11) is 0. The van der Waals surface area contributed by atoms with Gasteiger partial charge in [0.2, 0.25) is 5.91 Å². The molecule has 19 heavy (non-hydrogen) atoms. The summed E-state index contributed by atoms with van der Waals surface area (Å²) in [5.74, 6) is 0.883. The van der Waals surface area contributed by atoms with Crippen LogP contribution in [0.5, 0.6) is 0 Å². The second kappa shape index (κ2) is 8.09. The molecule has 1 amide bonds. The van der Waals surface area contributed by atoms with Crippen LogP contribution in [0.3, 0.4) is 0 Å². The Morgan fingerprint density at radius 3 is 2.95 bits per heavy atom. The van der Waals surface area contributed by atoms with E-state index in [0.717, 1.165) is 38.4 Å². The number of carbonyl (C=O) groups is 1. The molecular weight excluding hydrogens is 262 g/mol. The SMILES string of the molecule is CSCC[C@H](N)C(=O)NCCN1CCOC(C)(C)C1. The number of nitrogens with one attached hydrogen (secondary N) is 1. The van der Waals surface area contributed by atoms with Gasteiger partial charge in [0.1, 0.15) is 0 Å². The fourth-order valence-electron chi connectivity index (χ4n) is 2.15. The predicted octanol–water partition coefficient (Wildman–Crippen LogP) is 0.294. The lowest BCUT2D eigenvalue weighted by Crippen LogP contribution is -2.51. The lowest BCUT2D eigenvalue weighted by molar-refractivity contribution is -0.122. The topological polar surface area (TPSA) is 67.6 Å². The number of thioether (sulfide) groups is 1. The Bertz CT molecular complexity index is 287. The van der Waals surface area contributed by atoms with E-state index in [-0.39, 0.29) is 17.6 Å². The summed E-state index contributed by atoms with van der Waals surface area (Å²) < 4.78 is 5.65. The minimum absolute atomic E-state index is 0.0402. The van der Waals surface area contributed by atoms with Crippen LogP contribution in [-0.2, 0) is 9.53 Å². The van der Waals surface area contributed by atoms with Gasteiger partial charge in [0.15, 0.2) is 0 Å². The third kappa shape index (κ3) is 6.61. The van der Waals surface area contributed by atoms with Crippen molar-refractivity contribution >= 4 is 17.7 Å². The van der Waals surface area contributed by atoms with Crippen LogP contribution in [0, 0.1) is 0 Å². The van der Waals surface area contributed by atoms with Gasteiger partial charge in [-0.05, 0) is 32.3 Å². The van der Waals surface area contributed by atoms with E-state index < -0.39 is 0 Å². The van der Waals surface area contributed by atoms with E-state index in [1.54, 1.807) is 11.8 Å². The molecule has 3 N–H and O–H groups in total. The van der Waals surface area contributed by atoms with Crippen LogP contribution in [0.4, 0.5) is 0 Å². The van der Waals surface area contributed by atoms with Crippen molar-refractivity contribution in [3.05, 3.63) is 0 Å². The van der Waals surface area contributed by atoms with Gasteiger partial charge in [-0.25, -0.2) is 0 Å². The Morgan fingerprint density at radius 2 is 2.32 bits per heavy atom. The van der Waals surface area contributed by atoms with Gasteiger partial charge in [0.25, 0.3) is 0 Å². The average Bonchev–Trinajstić information content (AvgIpc) is 2.34. The van der Waals surface area contributed by atoms with E-state index in [0.29, 0.717) is 6.54 Å². The number of hydrogen-bond donors (Lipinski definition) is 2. The number of nitrogens with two attached hydrogens (primary N) is 1. The molecule has 1 heterocycles. The van der Waals surface area contributed by atoms with Crippen molar-refractivity contribution in [1.29, 1.82) is 0 Å². The summed E-state index contributed by atoms with van der Waals surface area (Å²) >= 11 is 1.71. The molecule has 0 bridgehead atoms. The van der Waals surface area contributed by atoms with E-state index in [1.807, 2.05) is 6.26 Å². The zero-order valence-electron chi connectivity index (χ0n) is 12.3. The van der Waals surface area contributed by atoms with Crippen LogP contribution >= 0.6 is 11.8 Å². The maximum atomic E-state index is 11.7. The van der Waals surface area contributed by atoms with Crippen molar-refractivity contribution in [2.75, 3.05) is 44.8 Å². The van der Waals surface area contributed by atoms with Gasteiger partial charge in [0, 0.05) is 26.2 Å². The Hall–Kier alpha value is -0.300. The Labute approximate surface area is 120 Å². The fraction of sp³-hybridized carbons (Fsp3) is 0.923. The number of nitrogens with zero attached hydrogens (tertiary/aromatic N) is 1.